The van der Waals surface area contributed by atoms with Crippen molar-refractivity contribution in [3.8, 4) is 6.07 Å². The van der Waals surface area contributed by atoms with Crippen LogP contribution in [-0.2, 0) is 0 Å². The monoisotopic (exact) mass is 244 g/mol. The maximum atomic E-state index is 13.2. The summed E-state index contributed by atoms with van der Waals surface area (Å²) in [5, 5.41) is 11.9. The van der Waals surface area contributed by atoms with E-state index in [0.717, 1.165) is 11.5 Å². The van der Waals surface area contributed by atoms with E-state index in [2.05, 4.69) is 5.32 Å². The van der Waals surface area contributed by atoms with Gasteiger partial charge in [0.05, 0.1) is 11.6 Å². The molecular formula is C14H13FN2O. The smallest absolute Gasteiger partial charge is 0.141 e. The first-order valence-corrected chi connectivity index (χ1v) is 5.62. The third kappa shape index (κ3) is 2.51. The number of halogens is 1. The number of hydrogen-bond acceptors (Lipinski definition) is 3. The summed E-state index contributed by atoms with van der Waals surface area (Å²) in [7, 11) is 0. The van der Waals surface area contributed by atoms with Crippen LogP contribution in [0, 0.1) is 24.1 Å². The van der Waals surface area contributed by atoms with E-state index in [1.165, 1.54) is 12.1 Å². The number of benzene rings is 1. The molecule has 1 aromatic heterocycles. The summed E-state index contributed by atoms with van der Waals surface area (Å²) in [5.41, 5.74) is 0.720. The van der Waals surface area contributed by atoms with Crippen molar-refractivity contribution in [3.05, 3.63) is 53.2 Å². The van der Waals surface area contributed by atoms with E-state index >= 15 is 0 Å². The second-order valence-corrected chi connectivity index (χ2v) is 4.12. The lowest BCUT2D eigenvalue weighted by Gasteiger charge is -2.13. The summed E-state index contributed by atoms with van der Waals surface area (Å²) in [4.78, 5) is 0. The van der Waals surface area contributed by atoms with Crippen LogP contribution in [0.25, 0.3) is 0 Å². The molecule has 0 fully saturated rings. The van der Waals surface area contributed by atoms with E-state index in [1.807, 2.05) is 32.0 Å². The Hall–Kier alpha value is -2.28. The first-order valence-electron chi connectivity index (χ1n) is 5.62. The molecule has 2 aromatic rings. The number of hydrogen-bond donors (Lipinski definition) is 1. The van der Waals surface area contributed by atoms with Gasteiger partial charge in [-0.3, -0.25) is 0 Å². The molecule has 0 radical (unpaired) electrons. The van der Waals surface area contributed by atoms with Crippen LogP contribution >= 0.6 is 0 Å². The molecule has 0 amide bonds. The molecule has 2 rings (SSSR count). The van der Waals surface area contributed by atoms with Crippen molar-refractivity contribution in [2.75, 3.05) is 5.32 Å². The average Bonchev–Trinajstić information content (AvgIpc) is 2.78. The first-order chi connectivity index (χ1) is 8.60. The van der Waals surface area contributed by atoms with E-state index in [4.69, 9.17) is 9.68 Å². The summed E-state index contributed by atoms with van der Waals surface area (Å²) in [6.07, 6.45) is 0. The van der Waals surface area contributed by atoms with Crippen molar-refractivity contribution in [3.63, 3.8) is 0 Å². The Bertz CT molecular complexity index is 598. The molecule has 0 aliphatic rings. The molecule has 1 heterocycles. The molecule has 18 heavy (non-hydrogen) atoms. The van der Waals surface area contributed by atoms with Crippen molar-refractivity contribution < 1.29 is 8.81 Å². The number of nitrogens with zero attached hydrogens (tertiary/aromatic N) is 1. The maximum Gasteiger partial charge on any atom is 0.141 e. The number of furan rings is 1. The number of nitriles is 1. The van der Waals surface area contributed by atoms with E-state index in [1.54, 1.807) is 6.07 Å². The summed E-state index contributed by atoms with van der Waals surface area (Å²) in [6.45, 7) is 3.82. The van der Waals surface area contributed by atoms with E-state index < -0.39 is 5.82 Å². The summed E-state index contributed by atoms with van der Waals surface area (Å²) < 4.78 is 18.7. The Balaban J connectivity index is 2.17. The molecule has 92 valence electrons. The van der Waals surface area contributed by atoms with Crippen molar-refractivity contribution in [1.82, 2.24) is 0 Å². The molecule has 0 aliphatic heterocycles. The molecule has 3 nitrogen and oxygen atoms in total. The van der Waals surface area contributed by atoms with Gasteiger partial charge < -0.3 is 9.73 Å². The fraction of sp³-hybridized carbons (Fsp3) is 0.214. The normalized spacial score (nSPS) is 11.9. The molecule has 0 saturated carbocycles. The van der Waals surface area contributed by atoms with Crippen LogP contribution in [0.3, 0.4) is 0 Å². The zero-order chi connectivity index (χ0) is 13.1. The van der Waals surface area contributed by atoms with Crippen LogP contribution in [0.2, 0.25) is 0 Å². The van der Waals surface area contributed by atoms with Crippen LogP contribution in [0.4, 0.5) is 10.1 Å². The second-order valence-electron chi connectivity index (χ2n) is 4.12. The van der Waals surface area contributed by atoms with Crippen LogP contribution in [-0.4, -0.2) is 0 Å². The number of aryl methyl sites for hydroxylation is 1. The minimum atomic E-state index is -0.510. The van der Waals surface area contributed by atoms with Crippen molar-refractivity contribution >= 4 is 5.69 Å². The number of anilines is 1. The average molecular weight is 244 g/mol. The van der Waals surface area contributed by atoms with Gasteiger partial charge in [0.25, 0.3) is 0 Å². The van der Waals surface area contributed by atoms with Gasteiger partial charge in [-0.05, 0) is 44.2 Å². The van der Waals surface area contributed by atoms with Crippen molar-refractivity contribution in [2.24, 2.45) is 0 Å². The first kappa shape index (κ1) is 12.2. The fourth-order valence-corrected chi connectivity index (χ4v) is 1.71. The minimum Gasteiger partial charge on any atom is -0.464 e. The molecule has 1 aromatic carbocycles. The van der Waals surface area contributed by atoms with Gasteiger partial charge in [0.15, 0.2) is 0 Å². The highest BCUT2D eigenvalue weighted by Crippen LogP contribution is 2.22. The zero-order valence-electron chi connectivity index (χ0n) is 10.2. The van der Waals surface area contributed by atoms with E-state index in [9.17, 15) is 4.39 Å². The highest BCUT2D eigenvalue weighted by atomic mass is 19.1. The maximum absolute atomic E-state index is 13.2. The van der Waals surface area contributed by atoms with Gasteiger partial charge in [-0.25, -0.2) is 4.39 Å². The highest BCUT2D eigenvalue weighted by molar-refractivity contribution is 5.50. The Kier molecular flexibility index (Phi) is 3.33. The molecule has 0 saturated heterocycles. The number of nitrogens with one attached hydrogen (secondary N) is 1. The van der Waals surface area contributed by atoms with Gasteiger partial charge in [0.1, 0.15) is 23.4 Å². The Morgan fingerprint density at radius 3 is 2.72 bits per heavy atom. The quantitative estimate of drug-likeness (QED) is 0.894. The van der Waals surface area contributed by atoms with Crippen molar-refractivity contribution in [2.45, 2.75) is 19.9 Å². The second kappa shape index (κ2) is 4.92. The van der Waals surface area contributed by atoms with Crippen molar-refractivity contribution in [1.29, 1.82) is 5.26 Å². The van der Waals surface area contributed by atoms with Gasteiger partial charge in [-0.2, -0.15) is 5.26 Å². The predicted molar refractivity (Wildman–Crippen MR) is 66.6 cm³/mol. The van der Waals surface area contributed by atoms with Gasteiger partial charge in [-0.1, -0.05) is 0 Å². The van der Waals surface area contributed by atoms with Crippen LogP contribution in [0.15, 0.2) is 34.7 Å². The molecule has 1 atom stereocenters. The molecule has 0 bridgehead atoms. The van der Waals surface area contributed by atoms with Crippen LogP contribution < -0.4 is 5.32 Å². The fourth-order valence-electron chi connectivity index (χ4n) is 1.71. The lowest BCUT2D eigenvalue weighted by atomic mass is 10.2. The van der Waals surface area contributed by atoms with Gasteiger partial charge in [-0.15, -0.1) is 0 Å². The van der Waals surface area contributed by atoms with E-state index in [0.29, 0.717) is 5.69 Å². The topological polar surface area (TPSA) is 49.0 Å². The van der Waals surface area contributed by atoms with Gasteiger partial charge in [0, 0.05) is 5.69 Å². The van der Waals surface area contributed by atoms with Gasteiger partial charge >= 0.3 is 0 Å². The highest BCUT2D eigenvalue weighted by Gasteiger charge is 2.10. The lowest BCUT2D eigenvalue weighted by Crippen LogP contribution is -2.05. The Labute approximate surface area is 105 Å². The SMILES string of the molecule is Cc1ccc(C(C)Nc2ccc(F)c(C#N)c2)o1. The summed E-state index contributed by atoms with van der Waals surface area (Å²) in [5.74, 6) is 1.13. The van der Waals surface area contributed by atoms with Gasteiger partial charge in [0.2, 0.25) is 0 Å². The summed E-state index contributed by atoms with van der Waals surface area (Å²) >= 11 is 0. The number of rotatable bonds is 3. The third-order valence-corrected chi connectivity index (χ3v) is 2.66. The zero-order valence-corrected chi connectivity index (χ0v) is 10.2. The molecular weight excluding hydrogens is 231 g/mol. The van der Waals surface area contributed by atoms with Crippen LogP contribution in [0.1, 0.15) is 30.0 Å². The predicted octanol–water partition coefficient (Wildman–Crippen LogP) is 3.77. The molecule has 4 heteroatoms. The Morgan fingerprint density at radius 1 is 1.33 bits per heavy atom. The minimum absolute atomic E-state index is 0.0304. The molecule has 1 unspecified atom stereocenters. The third-order valence-electron chi connectivity index (χ3n) is 2.66. The standard InChI is InChI=1S/C14H13FN2O/c1-9-3-6-14(18-9)10(2)17-12-4-5-13(15)11(7-12)8-16/h3-7,10,17H,1-2H3. The largest absolute Gasteiger partial charge is 0.464 e. The lowest BCUT2D eigenvalue weighted by molar-refractivity contribution is 0.467. The molecule has 1 N–H and O–H groups in total. The molecule has 0 aliphatic carbocycles. The molecule has 0 spiro atoms. The Morgan fingerprint density at radius 2 is 2.11 bits per heavy atom. The van der Waals surface area contributed by atoms with Crippen LogP contribution in [0.5, 0.6) is 0 Å². The van der Waals surface area contributed by atoms with E-state index in [-0.39, 0.29) is 11.6 Å². The summed E-state index contributed by atoms with van der Waals surface area (Å²) in [6, 6.07) is 9.91.